The van der Waals surface area contributed by atoms with E-state index >= 15 is 0 Å². The van der Waals surface area contributed by atoms with E-state index in [4.69, 9.17) is 0 Å². The summed E-state index contributed by atoms with van der Waals surface area (Å²) in [5.41, 5.74) is 0.996. The van der Waals surface area contributed by atoms with E-state index in [0.29, 0.717) is 13.1 Å². The highest BCUT2D eigenvalue weighted by Gasteiger charge is 2.06. The van der Waals surface area contributed by atoms with Crippen molar-refractivity contribution < 1.29 is 8.42 Å². The molecule has 0 aromatic carbocycles. The molecule has 4 nitrogen and oxygen atoms in total. The minimum Gasteiger partial charge on any atom is -0.310 e. The Hall–Kier alpha value is -0.170. The minimum atomic E-state index is -2.85. The highest BCUT2D eigenvalue weighted by atomic mass is 35.5. The molecule has 1 heterocycles. The highest BCUT2D eigenvalue weighted by Crippen LogP contribution is 2.09. The van der Waals surface area contributed by atoms with Crippen molar-refractivity contribution in [1.29, 1.82) is 0 Å². The van der Waals surface area contributed by atoms with Crippen LogP contribution in [0.5, 0.6) is 0 Å². The summed E-state index contributed by atoms with van der Waals surface area (Å²) in [4.78, 5) is 4.39. The Labute approximate surface area is 113 Å². The lowest BCUT2D eigenvalue weighted by molar-refractivity contribution is 0.591. The minimum absolute atomic E-state index is 0. The number of halogens is 1. The van der Waals surface area contributed by atoms with Gasteiger partial charge in [0.2, 0.25) is 0 Å². The number of nitrogens with zero attached hydrogens (tertiary/aromatic N) is 1. The van der Waals surface area contributed by atoms with Gasteiger partial charge in [0.15, 0.2) is 9.84 Å². The van der Waals surface area contributed by atoms with E-state index in [1.165, 1.54) is 0 Å². The molecule has 0 fully saturated rings. The average Bonchev–Trinajstić information content (AvgIpc) is 2.72. The number of aromatic nitrogens is 1. The number of sulfone groups is 1. The van der Waals surface area contributed by atoms with Crippen LogP contribution < -0.4 is 5.32 Å². The van der Waals surface area contributed by atoms with Crippen LogP contribution in [0.15, 0.2) is 5.38 Å². The van der Waals surface area contributed by atoms with Gasteiger partial charge < -0.3 is 5.32 Å². The van der Waals surface area contributed by atoms with Gasteiger partial charge in [-0.2, -0.15) is 0 Å². The van der Waals surface area contributed by atoms with Crippen molar-refractivity contribution >= 4 is 33.6 Å². The molecule has 0 amide bonds. The van der Waals surface area contributed by atoms with Crippen molar-refractivity contribution in [2.75, 3.05) is 18.1 Å². The van der Waals surface area contributed by atoms with Gasteiger partial charge >= 0.3 is 0 Å². The first-order valence-corrected chi connectivity index (χ1v) is 8.12. The summed E-state index contributed by atoms with van der Waals surface area (Å²) in [5.74, 6) is 0.416. The van der Waals surface area contributed by atoms with Gasteiger partial charge in [-0.25, -0.2) is 13.4 Å². The average molecular weight is 299 g/mol. The van der Waals surface area contributed by atoms with Crippen LogP contribution in [-0.4, -0.2) is 31.5 Å². The quantitative estimate of drug-likeness (QED) is 0.778. The van der Waals surface area contributed by atoms with Crippen LogP contribution in [0.2, 0.25) is 0 Å². The molecule has 1 aromatic heterocycles. The maximum atomic E-state index is 11.2. The second-order valence-corrected chi connectivity index (χ2v) is 6.91. The molecule has 0 saturated heterocycles. The van der Waals surface area contributed by atoms with Crippen molar-refractivity contribution in [3.05, 3.63) is 16.1 Å². The third kappa shape index (κ3) is 6.35. The van der Waals surface area contributed by atoms with Gasteiger partial charge in [0.05, 0.1) is 16.5 Å². The van der Waals surface area contributed by atoms with Crippen LogP contribution in [0, 0.1) is 0 Å². The van der Waals surface area contributed by atoms with Crippen molar-refractivity contribution in [2.45, 2.75) is 26.8 Å². The zero-order valence-electron chi connectivity index (χ0n) is 10.1. The van der Waals surface area contributed by atoms with Gasteiger partial charge in [0, 0.05) is 24.2 Å². The molecular weight excluding hydrogens is 280 g/mol. The highest BCUT2D eigenvalue weighted by molar-refractivity contribution is 7.91. The van der Waals surface area contributed by atoms with Crippen LogP contribution in [0.1, 0.15) is 24.5 Å². The fourth-order valence-electron chi connectivity index (χ4n) is 1.18. The fourth-order valence-corrected chi connectivity index (χ4v) is 2.67. The number of rotatable bonds is 7. The molecule has 0 saturated carbocycles. The monoisotopic (exact) mass is 298 g/mol. The van der Waals surface area contributed by atoms with E-state index in [9.17, 15) is 8.42 Å². The molecule has 1 aromatic rings. The van der Waals surface area contributed by atoms with E-state index in [1.807, 2.05) is 5.38 Å². The maximum Gasteiger partial charge on any atom is 0.151 e. The summed E-state index contributed by atoms with van der Waals surface area (Å²) < 4.78 is 22.4. The lowest BCUT2D eigenvalue weighted by atomic mass is 10.4. The zero-order valence-corrected chi connectivity index (χ0v) is 12.6. The van der Waals surface area contributed by atoms with E-state index < -0.39 is 9.84 Å². The molecule has 0 spiro atoms. The molecule has 0 atom stereocenters. The molecule has 7 heteroatoms. The van der Waals surface area contributed by atoms with Crippen molar-refractivity contribution in [2.24, 2.45) is 0 Å². The van der Waals surface area contributed by atoms with Gasteiger partial charge in [-0.3, -0.25) is 0 Å². The molecule has 0 unspecified atom stereocenters. The Morgan fingerprint density at radius 1 is 1.41 bits per heavy atom. The van der Waals surface area contributed by atoms with E-state index in [2.05, 4.69) is 17.2 Å². The molecule has 100 valence electrons. The van der Waals surface area contributed by atoms with Gasteiger partial charge in [0.25, 0.3) is 0 Å². The smallest absolute Gasteiger partial charge is 0.151 e. The van der Waals surface area contributed by atoms with Crippen LogP contribution in [0.25, 0.3) is 0 Å². The Kier molecular flexibility index (Phi) is 7.94. The molecule has 1 N–H and O–H groups in total. The number of hydrogen-bond donors (Lipinski definition) is 1. The van der Waals surface area contributed by atoms with Crippen LogP contribution >= 0.6 is 23.7 Å². The predicted molar refractivity (Wildman–Crippen MR) is 74.8 cm³/mol. The lowest BCUT2D eigenvalue weighted by Gasteiger charge is -2.02. The van der Waals surface area contributed by atoms with Gasteiger partial charge in [-0.05, 0) is 6.42 Å². The molecule has 0 aliphatic rings. The molecule has 0 aliphatic carbocycles. The van der Waals surface area contributed by atoms with Crippen LogP contribution in [0.4, 0.5) is 0 Å². The van der Waals surface area contributed by atoms with Gasteiger partial charge in [-0.1, -0.05) is 13.8 Å². The van der Waals surface area contributed by atoms with E-state index in [0.717, 1.165) is 17.1 Å². The molecule has 0 aliphatic heterocycles. The predicted octanol–water partition coefficient (Wildman–Crippen LogP) is 1.65. The molecular formula is C10H19ClN2O2S2. The first-order chi connectivity index (χ1) is 7.57. The standard InChI is InChI=1S/C10H18N2O2S2.ClH/c1-3-10-12-9(8-15-10)7-11-5-6-16(13,14)4-2;/h8,11H,3-7H2,1-2H3;1H. The lowest BCUT2D eigenvalue weighted by Crippen LogP contribution is -2.23. The second-order valence-electron chi connectivity index (χ2n) is 3.50. The molecule has 17 heavy (non-hydrogen) atoms. The Bertz CT molecular complexity index is 418. The van der Waals surface area contributed by atoms with Crippen molar-refractivity contribution in [3.8, 4) is 0 Å². The van der Waals surface area contributed by atoms with Gasteiger partial charge in [-0.15, -0.1) is 23.7 Å². The Morgan fingerprint density at radius 3 is 2.65 bits per heavy atom. The third-order valence-corrected chi connectivity index (χ3v) is 4.99. The number of aryl methyl sites for hydroxylation is 1. The Morgan fingerprint density at radius 2 is 2.12 bits per heavy atom. The van der Waals surface area contributed by atoms with Crippen molar-refractivity contribution in [1.82, 2.24) is 10.3 Å². The number of thiazole rings is 1. The molecule has 1 rings (SSSR count). The normalized spacial score (nSPS) is 11.2. The summed E-state index contributed by atoms with van der Waals surface area (Å²) in [6.07, 6.45) is 0.953. The van der Waals surface area contributed by atoms with Crippen LogP contribution in [0.3, 0.4) is 0 Å². The first kappa shape index (κ1) is 16.8. The summed E-state index contributed by atoms with van der Waals surface area (Å²) in [5, 5.41) is 6.23. The zero-order chi connectivity index (χ0) is 12.0. The summed E-state index contributed by atoms with van der Waals surface area (Å²) in [7, 11) is -2.85. The topological polar surface area (TPSA) is 59.1 Å². The van der Waals surface area contributed by atoms with E-state index in [-0.39, 0.29) is 23.9 Å². The Balaban J connectivity index is 0.00000256. The number of nitrogens with one attached hydrogen (secondary N) is 1. The molecule has 0 bridgehead atoms. The molecule has 0 radical (unpaired) electrons. The SMILES string of the molecule is CCc1nc(CNCCS(=O)(=O)CC)cs1.Cl. The summed E-state index contributed by atoms with van der Waals surface area (Å²) in [6, 6.07) is 0. The number of hydrogen-bond acceptors (Lipinski definition) is 5. The first-order valence-electron chi connectivity index (χ1n) is 5.41. The van der Waals surface area contributed by atoms with Crippen molar-refractivity contribution in [3.63, 3.8) is 0 Å². The van der Waals surface area contributed by atoms with E-state index in [1.54, 1.807) is 18.3 Å². The fraction of sp³-hybridized carbons (Fsp3) is 0.700. The van der Waals surface area contributed by atoms with Gasteiger partial charge in [0.1, 0.15) is 0 Å². The third-order valence-electron chi connectivity index (χ3n) is 2.24. The largest absolute Gasteiger partial charge is 0.310 e. The summed E-state index contributed by atoms with van der Waals surface area (Å²) in [6.45, 7) is 4.89. The summed E-state index contributed by atoms with van der Waals surface area (Å²) >= 11 is 1.65. The van der Waals surface area contributed by atoms with Crippen LogP contribution in [-0.2, 0) is 22.8 Å². The maximum absolute atomic E-state index is 11.2. The second kappa shape index (κ2) is 8.02.